The van der Waals surface area contributed by atoms with Gasteiger partial charge in [0, 0.05) is 20.6 Å². The minimum absolute atomic E-state index is 0.317. The van der Waals surface area contributed by atoms with Gasteiger partial charge in [0.05, 0.1) is 6.33 Å². The molecule has 0 amide bonds. The number of aromatic nitrogens is 4. The molecule has 0 saturated heterocycles. The Hall–Kier alpha value is -2.63. The Bertz CT molecular complexity index is 1010. The van der Waals surface area contributed by atoms with Crippen molar-refractivity contribution in [3.05, 3.63) is 61.6 Å². The van der Waals surface area contributed by atoms with Crippen molar-refractivity contribution in [2.75, 3.05) is 0 Å². The molecule has 6 heteroatoms. The van der Waals surface area contributed by atoms with Gasteiger partial charge in [0.25, 0.3) is 5.56 Å². The highest BCUT2D eigenvalue weighted by Crippen LogP contribution is 2.19. The molecule has 0 bridgehead atoms. The maximum absolute atomic E-state index is 12.5. The summed E-state index contributed by atoms with van der Waals surface area (Å²) in [5.74, 6) is 0. The lowest BCUT2D eigenvalue weighted by Crippen LogP contribution is -2.37. The molecule has 0 spiro atoms. The monoisotopic (exact) mass is 312 g/mol. The molecule has 0 aliphatic rings. The molecule has 3 rings (SSSR count). The summed E-state index contributed by atoms with van der Waals surface area (Å²) in [7, 11) is 3.12. The zero-order valence-corrected chi connectivity index (χ0v) is 14.0. The third kappa shape index (κ3) is 2.30. The van der Waals surface area contributed by atoms with Crippen LogP contribution in [0.25, 0.3) is 11.2 Å². The number of fused-ring (bicyclic) bond motifs is 1. The minimum atomic E-state index is -0.365. The second-order valence-corrected chi connectivity index (χ2v) is 6.13. The maximum atomic E-state index is 12.5. The van der Waals surface area contributed by atoms with E-state index in [9.17, 15) is 9.59 Å². The largest absolute Gasteiger partial charge is 0.332 e. The summed E-state index contributed by atoms with van der Waals surface area (Å²) in [4.78, 5) is 28.7. The Morgan fingerprint density at radius 3 is 2.22 bits per heavy atom. The van der Waals surface area contributed by atoms with Crippen molar-refractivity contribution in [3.63, 3.8) is 0 Å². The van der Waals surface area contributed by atoms with Crippen molar-refractivity contribution in [1.82, 2.24) is 18.7 Å². The Balaban J connectivity index is 2.24. The van der Waals surface area contributed by atoms with E-state index in [2.05, 4.69) is 37.9 Å². The van der Waals surface area contributed by atoms with Crippen LogP contribution in [0.4, 0.5) is 0 Å². The SMILES string of the molecule is Cc1cc(C)c(Cn2cnc3c2c(=O)n(C)c(=O)n3C)c(C)c1. The van der Waals surface area contributed by atoms with Gasteiger partial charge in [-0.2, -0.15) is 0 Å². The van der Waals surface area contributed by atoms with Crippen LogP contribution >= 0.6 is 0 Å². The highest BCUT2D eigenvalue weighted by molar-refractivity contribution is 5.70. The summed E-state index contributed by atoms with van der Waals surface area (Å²) in [5.41, 5.74) is 4.95. The summed E-state index contributed by atoms with van der Waals surface area (Å²) in [5, 5.41) is 0. The number of aryl methyl sites for hydroxylation is 4. The lowest BCUT2D eigenvalue weighted by Gasteiger charge is -2.13. The van der Waals surface area contributed by atoms with Crippen molar-refractivity contribution in [1.29, 1.82) is 0 Å². The Kier molecular flexibility index (Phi) is 3.47. The fourth-order valence-electron chi connectivity index (χ4n) is 3.15. The average molecular weight is 312 g/mol. The zero-order chi connectivity index (χ0) is 16.9. The number of nitrogens with zero attached hydrogens (tertiary/aromatic N) is 4. The van der Waals surface area contributed by atoms with Gasteiger partial charge < -0.3 is 4.57 Å². The number of imidazole rings is 1. The predicted molar refractivity (Wildman–Crippen MR) is 90.0 cm³/mol. The van der Waals surface area contributed by atoms with Gasteiger partial charge in [0.15, 0.2) is 11.2 Å². The Morgan fingerprint density at radius 2 is 1.61 bits per heavy atom. The zero-order valence-electron chi connectivity index (χ0n) is 14.0. The van der Waals surface area contributed by atoms with Crippen LogP contribution in [0, 0.1) is 20.8 Å². The average Bonchev–Trinajstić information content (AvgIpc) is 2.90. The van der Waals surface area contributed by atoms with Crippen molar-refractivity contribution in [2.24, 2.45) is 14.1 Å². The van der Waals surface area contributed by atoms with Crippen LogP contribution in [0.5, 0.6) is 0 Å². The molecule has 0 saturated carbocycles. The van der Waals surface area contributed by atoms with E-state index in [4.69, 9.17) is 0 Å². The van der Waals surface area contributed by atoms with E-state index in [1.54, 1.807) is 13.4 Å². The molecule has 0 fully saturated rings. The number of rotatable bonds is 2. The summed E-state index contributed by atoms with van der Waals surface area (Å²) < 4.78 is 4.35. The van der Waals surface area contributed by atoms with Crippen molar-refractivity contribution >= 4 is 11.2 Å². The molecule has 0 N–H and O–H groups in total. The fraction of sp³-hybridized carbons (Fsp3) is 0.353. The lowest BCUT2D eigenvalue weighted by atomic mass is 10.00. The van der Waals surface area contributed by atoms with Crippen LogP contribution in [0.1, 0.15) is 22.3 Å². The minimum Gasteiger partial charge on any atom is -0.320 e. The first-order valence-electron chi connectivity index (χ1n) is 7.49. The molecule has 23 heavy (non-hydrogen) atoms. The molecule has 120 valence electrons. The molecule has 0 aliphatic heterocycles. The first-order chi connectivity index (χ1) is 10.8. The topological polar surface area (TPSA) is 61.8 Å². The first-order valence-corrected chi connectivity index (χ1v) is 7.49. The Labute approximate surface area is 133 Å². The van der Waals surface area contributed by atoms with Gasteiger partial charge in [-0.05, 0) is 37.5 Å². The highest BCUT2D eigenvalue weighted by Gasteiger charge is 2.15. The van der Waals surface area contributed by atoms with E-state index in [1.165, 1.54) is 33.9 Å². The summed E-state index contributed by atoms with van der Waals surface area (Å²) in [6.07, 6.45) is 1.63. The van der Waals surface area contributed by atoms with Crippen molar-refractivity contribution in [2.45, 2.75) is 27.3 Å². The van der Waals surface area contributed by atoms with Gasteiger partial charge in [-0.15, -0.1) is 0 Å². The van der Waals surface area contributed by atoms with Gasteiger partial charge >= 0.3 is 5.69 Å². The molecule has 1 aromatic carbocycles. The molecular weight excluding hydrogens is 292 g/mol. The van der Waals surface area contributed by atoms with E-state index in [0.29, 0.717) is 17.7 Å². The van der Waals surface area contributed by atoms with E-state index in [-0.39, 0.29) is 11.2 Å². The molecule has 0 radical (unpaired) electrons. The molecule has 0 unspecified atom stereocenters. The van der Waals surface area contributed by atoms with Crippen LogP contribution in [0.2, 0.25) is 0 Å². The van der Waals surface area contributed by atoms with Crippen LogP contribution in [0.3, 0.4) is 0 Å². The van der Waals surface area contributed by atoms with Crippen LogP contribution in [0.15, 0.2) is 28.0 Å². The standard InChI is InChI=1S/C17H20N4O2/c1-10-6-11(2)13(12(3)7-10)8-21-9-18-15-14(21)16(22)20(5)17(23)19(15)4/h6-7,9H,8H2,1-5H3. The fourth-order valence-corrected chi connectivity index (χ4v) is 3.15. The summed E-state index contributed by atoms with van der Waals surface area (Å²) in [6, 6.07) is 4.27. The second kappa shape index (κ2) is 5.22. The van der Waals surface area contributed by atoms with E-state index >= 15 is 0 Å². The summed E-state index contributed by atoms with van der Waals surface area (Å²) >= 11 is 0. The smallest absolute Gasteiger partial charge is 0.320 e. The van der Waals surface area contributed by atoms with Crippen molar-refractivity contribution in [3.8, 4) is 0 Å². The number of hydrogen-bond donors (Lipinski definition) is 0. The third-order valence-corrected chi connectivity index (χ3v) is 4.39. The van der Waals surface area contributed by atoms with E-state index in [0.717, 1.165) is 4.57 Å². The molecular formula is C17H20N4O2. The van der Waals surface area contributed by atoms with Gasteiger partial charge in [-0.1, -0.05) is 17.7 Å². The van der Waals surface area contributed by atoms with Crippen LogP contribution in [-0.4, -0.2) is 18.7 Å². The molecule has 6 nitrogen and oxygen atoms in total. The lowest BCUT2D eigenvalue weighted by molar-refractivity contribution is 0.702. The first kappa shape index (κ1) is 15.3. The molecule has 2 aromatic heterocycles. The van der Waals surface area contributed by atoms with Crippen LogP contribution < -0.4 is 11.2 Å². The summed E-state index contributed by atoms with van der Waals surface area (Å²) in [6.45, 7) is 6.77. The van der Waals surface area contributed by atoms with Gasteiger partial charge in [0.1, 0.15) is 0 Å². The second-order valence-electron chi connectivity index (χ2n) is 6.13. The molecule has 0 aliphatic carbocycles. The number of hydrogen-bond acceptors (Lipinski definition) is 3. The molecule has 2 heterocycles. The van der Waals surface area contributed by atoms with Gasteiger partial charge in [-0.25, -0.2) is 9.78 Å². The quantitative estimate of drug-likeness (QED) is 0.719. The predicted octanol–water partition coefficient (Wildman–Crippen LogP) is 1.41. The van der Waals surface area contributed by atoms with E-state index < -0.39 is 0 Å². The van der Waals surface area contributed by atoms with E-state index in [1.807, 2.05) is 4.57 Å². The van der Waals surface area contributed by atoms with Crippen molar-refractivity contribution < 1.29 is 0 Å². The van der Waals surface area contributed by atoms with Gasteiger partial charge in [-0.3, -0.25) is 13.9 Å². The molecule has 0 atom stereocenters. The van der Waals surface area contributed by atoms with Gasteiger partial charge in [0.2, 0.25) is 0 Å². The Morgan fingerprint density at radius 1 is 1.00 bits per heavy atom. The third-order valence-electron chi connectivity index (χ3n) is 4.39. The molecule has 3 aromatic rings. The highest BCUT2D eigenvalue weighted by atomic mass is 16.2. The normalized spacial score (nSPS) is 11.3. The number of benzene rings is 1. The maximum Gasteiger partial charge on any atom is 0.332 e. The van der Waals surface area contributed by atoms with Crippen LogP contribution in [-0.2, 0) is 20.6 Å².